The van der Waals surface area contributed by atoms with Crippen molar-refractivity contribution in [3.8, 4) is 0 Å². The topological polar surface area (TPSA) is 47.8 Å². The van der Waals surface area contributed by atoms with Crippen LogP contribution in [0, 0.1) is 11.6 Å². The highest BCUT2D eigenvalue weighted by atomic mass is 79.9. The minimum absolute atomic E-state index is 0.0935. The summed E-state index contributed by atoms with van der Waals surface area (Å²) in [6.45, 7) is -0.987. The zero-order valence-corrected chi connectivity index (χ0v) is 20.4. The van der Waals surface area contributed by atoms with Gasteiger partial charge in [0.2, 0.25) is 0 Å². The Bertz CT molecular complexity index is 1310. The fourth-order valence-corrected chi connectivity index (χ4v) is 5.10. The van der Waals surface area contributed by atoms with Crippen LogP contribution in [-0.2, 0) is 29.6 Å². The monoisotopic (exact) mass is 595 g/mol. The molecule has 1 aliphatic rings. The molecule has 0 fully saturated rings. The summed E-state index contributed by atoms with van der Waals surface area (Å²) in [5.41, 5.74) is -3.96. The lowest BCUT2D eigenvalue weighted by Crippen LogP contribution is -2.33. The first kappa shape index (κ1) is 27.2. The molecule has 4 nitrogen and oxygen atoms in total. The van der Waals surface area contributed by atoms with Gasteiger partial charge in [-0.25, -0.2) is 26.3 Å². The molecule has 3 aromatic rings. The normalized spacial score (nSPS) is 17.0. The fraction of sp³-hybridized carbons (Fsp3) is 0.375. The van der Waals surface area contributed by atoms with E-state index in [0.717, 1.165) is 12.1 Å². The highest BCUT2D eigenvalue weighted by molar-refractivity contribution is 9.10. The maximum Gasteiger partial charge on any atom is 0.290 e. The van der Waals surface area contributed by atoms with Crippen LogP contribution in [0.5, 0.6) is 0 Å². The minimum atomic E-state index is -3.97. The number of Topliss-reactive ketones (excluding diaryl/α,β-unsaturated/α-hetero) is 1. The number of alkyl halides is 6. The number of ketones is 1. The van der Waals surface area contributed by atoms with Crippen molar-refractivity contribution in [1.29, 1.82) is 0 Å². The van der Waals surface area contributed by atoms with E-state index >= 15 is 0 Å². The number of benzene rings is 1. The minimum Gasteiger partial charge on any atom is -0.298 e. The second-order valence-corrected chi connectivity index (χ2v) is 9.62. The highest BCUT2D eigenvalue weighted by Gasteiger charge is 2.55. The van der Waals surface area contributed by atoms with Crippen molar-refractivity contribution in [1.82, 2.24) is 14.8 Å². The SMILES string of the molecule is O=C(C[C@@H](Cc1cc(F)cc(F)c1)c1ncccc1Br)Cn1nc(C(F)F)c2c1C(F)(F)CCC2(F)F. The summed E-state index contributed by atoms with van der Waals surface area (Å²) in [7, 11) is 0. The number of nitrogens with zero attached hydrogens (tertiary/aromatic N) is 3. The van der Waals surface area contributed by atoms with E-state index in [1.165, 1.54) is 6.20 Å². The van der Waals surface area contributed by atoms with Crippen LogP contribution in [0.2, 0.25) is 0 Å². The summed E-state index contributed by atoms with van der Waals surface area (Å²) in [6.07, 6.45) is -5.33. The molecule has 0 saturated carbocycles. The number of fused-ring (bicyclic) bond motifs is 1. The molecule has 198 valence electrons. The van der Waals surface area contributed by atoms with Gasteiger partial charge < -0.3 is 0 Å². The molecule has 1 aromatic carbocycles. The van der Waals surface area contributed by atoms with Crippen molar-refractivity contribution in [2.45, 2.75) is 56.4 Å². The van der Waals surface area contributed by atoms with Gasteiger partial charge in [-0.05, 0) is 52.2 Å². The van der Waals surface area contributed by atoms with Gasteiger partial charge >= 0.3 is 0 Å². The Hall–Kier alpha value is -2.83. The van der Waals surface area contributed by atoms with Crippen LogP contribution in [0.4, 0.5) is 35.1 Å². The molecule has 0 N–H and O–H groups in total. The highest BCUT2D eigenvalue weighted by Crippen LogP contribution is 2.52. The Morgan fingerprint density at radius 1 is 1.03 bits per heavy atom. The Morgan fingerprint density at radius 3 is 2.30 bits per heavy atom. The molecule has 4 rings (SSSR count). The summed E-state index contributed by atoms with van der Waals surface area (Å²) in [5.74, 6) is -11.2. The summed E-state index contributed by atoms with van der Waals surface area (Å²) < 4.78 is 113. The quantitative estimate of drug-likeness (QED) is 0.258. The number of pyridine rings is 1. The summed E-state index contributed by atoms with van der Waals surface area (Å²) in [5, 5.41) is 3.29. The second kappa shape index (κ2) is 10.1. The number of aromatic nitrogens is 3. The molecule has 0 bridgehead atoms. The van der Waals surface area contributed by atoms with Crippen LogP contribution in [0.15, 0.2) is 41.0 Å². The smallest absolute Gasteiger partial charge is 0.290 e. The van der Waals surface area contributed by atoms with Crippen molar-refractivity contribution in [3.05, 3.63) is 80.8 Å². The van der Waals surface area contributed by atoms with Crippen LogP contribution in [0.1, 0.15) is 59.8 Å². The van der Waals surface area contributed by atoms with Crippen molar-refractivity contribution in [3.63, 3.8) is 0 Å². The van der Waals surface area contributed by atoms with Gasteiger partial charge in [-0.2, -0.15) is 13.9 Å². The largest absolute Gasteiger partial charge is 0.298 e. The summed E-state index contributed by atoms with van der Waals surface area (Å²) in [4.78, 5) is 17.2. The van der Waals surface area contributed by atoms with E-state index in [4.69, 9.17) is 0 Å². The first-order chi connectivity index (χ1) is 17.3. The van der Waals surface area contributed by atoms with Gasteiger partial charge in [0.25, 0.3) is 18.3 Å². The van der Waals surface area contributed by atoms with Crippen LogP contribution >= 0.6 is 15.9 Å². The molecule has 2 aromatic heterocycles. The van der Waals surface area contributed by atoms with Crippen molar-refractivity contribution in [2.75, 3.05) is 0 Å². The maximum absolute atomic E-state index is 14.6. The van der Waals surface area contributed by atoms with E-state index in [1.807, 2.05) is 0 Å². The first-order valence-electron chi connectivity index (χ1n) is 11.0. The molecular formula is C24H18BrF8N3O. The molecule has 0 radical (unpaired) electrons. The molecule has 13 heteroatoms. The number of halogens is 9. The zero-order chi connectivity index (χ0) is 27.1. The molecule has 0 unspecified atom stereocenters. The van der Waals surface area contributed by atoms with E-state index in [1.54, 1.807) is 12.1 Å². The number of hydrogen-bond acceptors (Lipinski definition) is 3. The van der Waals surface area contributed by atoms with E-state index < -0.39 is 84.4 Å². The Labute approximate surface area is 213 Å². The van der Waals surface area contributed by atoms with E-state index in [-0.39, 0.29) is 16.7 Å². The van der Waals surface area contributed by atoms with Crippen molar-refractivity contribution in [2.24, 2.45) is 0 Å². The van der Waals surface area contributed by atoms with E-state index in [0.29, 0.717) is 16.2 Å². The van der Waals surface area contributed by atoms with Crippen molar-refractivity contribution >= 4 is 21.7 Å². The lowest BCUT2D eigenvalue weighted by atomic mass is 9.88. The van der Waals surface area contributed by atoms with Gasteiger partial charge in [-0.15, -0.1) is 0 Å². The Morgan fingerprint density at radius 2 is 1.68 bits per heavy atom. The first-order valence-corrected chi connectivity index (χ1v) is 11.8. The van der Waals surface area contributed by atoms with Crippen LogP contribution < -0.4 is 0 Å². The van der Waals surface area contributed by atoms with Crippen LogP contribution in [0.3, 0.4) is 0 Å². The van der Waals surface area contributed by atoms with Gasteiger partial charge in [0.05, 0.1) is 11.3 Å². The lowest BCUT2D eigenvalue weighted by Gasteiger charge is -2.29. The second-order valence-electron chi connectivity index (χ2n) is 8.77. The van der Waals surface area contributed by atoms with Gasteiger partial charge in [0.15, 0.2) is 5.78 Å². The van der Waals surface area contributed by atoms with E-state index in [2.05, 4.69) is 26.0 Å². The number of rotatable bonds is 8. The van der Waals surface area contributed by atoms with Gasteiger partial charge in [-0.3, -0.25) is 14.5 Å². The fourth-order valence-electron chi connectivity index (χ4n) is 4.52. The Balaban J connectivity index is 1.68. The molecular weight excluding hydrogens is 578 g/mol. The molecule has 2 heterocycles. The molecule has 0 amide bonds. The van der Waals surface area contributed by atoms with Crippen LogP contribution in [0.25, 0.3) is 0 Å². The molecule has 1 aliphatic carbocycles. The summed E-state index contributed by atoms with van der Waals surface area (Å²) >= 11 is 3.29. The van der Waals surface area contributed by atoms with Crippen molar-refractivity contribution < 1.29 is 39.9 Å². The number of carbonyl (C=O) groups excluding carboxylic acids is 1. The van der Waals surface area contributed by atoms with Gasteiger partial charge in [0.1, 0.15) is 29.6 Å². The average Bonchev–Trinajstić information content (AvgIpc) is 3.18. The maximum atomic E-state index is 14.6. The molecule has 0 aliphatic heterocycles. The number of carbonyl (C=O) groups is 1. The third-order valence-electron chi connectivity index (χ3n) is 6.03. The molecule has 0 saturated heterocycles. The average molecular weight is 596 g/mol. The number of hydrogen-bond donors (Lipinski definition) is 0. The predicted molar refractivity (Wildman–Crippen MR) is 119 cm³/mol. The standard InChI is InChI=1S/C24H18BrF8N3O/c25-17-2-1-5-34-19(17)13(6-12-7-14(26)10-15(27)8-12)9-16(37)11-36-21-18(20(35-36)22(28)29)23(30,31)3-4-24(21,32)33/h1-2,5,7-8,10,13,22H,3-4,6,9,11H2/t13-/m1/s1. The molecule has 0 spiro atoms. The Kier molecular flexibility index (Phi) is 7.46. The van der Waals surface area contributed by atoms with Gasteiger partial charge in [-0.1, -0.05) is 0 Å². The lowest BCUT2D eigenvalue weighted by molar-refractivity contribution is -0.121. The zero-order valence-electron chi connectivity index (χ0n) is 18.8. The van der Waals surface area contributed by atoms with E-state index in [9.17, 15) is 39.9 Å². The third kappa shape index (κ3) is 5.70. The molecule has 37 heavy (non-hydrogen) atoms. The third-order valence-corrected chi connectivity index (χ3v) is 6.70. The molecule has 1 atom stereocenters. The van der Waals surface area contributed by atoms with Crippen LogP contribution in [-0.4, -0.2) is 20.5 Å². The summed E-state index contributed by atoms with van der Waals surface area (Å²) in [6, 6.07) is 5.96. The predicted octanol–water partition coefficient (Wildman–Crippen LogP) is 7.22. The van der Waals surface area contributed by atoms with Gasteiger partial charge in [0, 0.05) is 41.9 Å².